The summed E-state index contributed by atoms with van der Waals surface area (Å²) in [5.41, 5.74) is 3.51. The van der Waals surface area contributed by atoms with Crippen molar-refractivity contribution < 1.29 is 8.42 Å². The van der Waals surface area contributed by atoms with Gasteiger partial charge >= 0.3 is 0 Å². The molecular formula is C16H20N2O2S2. The lowest BCUT2D eigenvalue weighted by Crippen LogP contribution is -2.38. The maximum Gasteiger partial charge on any atom is 0.250 e. The third-order valence-corrected chi connectivity index (χ3v) is 7.15. The van der Waals surface area contributed by atoms with Crippen LogP contribution in [0.1, 0.15) is 27.6 Å². The van der Waals surface area contributed by atoms with Gasteiger partial charge in [0.05, 0.1) is 0 Å². The second-order valence-corrected chi connectivity index (χ2v) is 8.86. The molecule has 2 N–H and O–H groups in total. The molecule has 1 aromatic heterocycles. The highest BCUT2D eigenvalue weighted by molar-refractivity contribution is 7.91. The second-order valence-electron chi connectivity index (χ2n) is 5.61. The van der Waals surface area contributed by atoms with Gasteiger partial charge in [0.15, 0.2) is 0 Å². The predicted molar refractivity (Wildman–Crippen MR) is 89.9 cm³/mol. The van der Waals surface area contributed by atoms with Crippen molar-refractivity contribution in [2.24, 2.45) is 0 Å². The van der Waals surface area contributed by atoms with Crippen LogP contribution in [0.5, 0.6) is 0 Å². The number of hydrogen-bond donors (Lipinski definition) is 2. The van der Waals surface area contributed by atoms with Crippen LogP contribution in [0.3, 0.4) is 0 Å². The Bertz CT molecular complexity index is 762. The lowest BCUT2D eigenvalue weighted by atomic mass is 9.95. The maximum atomic E-state index is 12.4. The van der Waals surface area contributed by atoms with E-state index < -0.39 is 10.0 Å². The molecule has 1 aromatic carbocycles. The summed E-state index contributed by atoms with van der Waals surface area (Å²) in [6.45, 7) is 5.12. The molecule has 4 nitrogen and oxygen atoms in total. The number of sulfonamides is 1. The molecule has 0 spiro atoms. The molecule has 0 saturated heterocycles. The van der Waals surface area contributed by atoms with E-state index in [2.05, 4.69) is 22.2 Å². The van der Waals surface area contributed by atoms with Gasteiger partial charge < -0.3 is 5.32 Å². The number of rotatable bonds is 4. The fourth-order valence-electron chi connectivity index (χ4n) is 2.71. The maximum absolute atomic E-state index is 12.4. The Morgan fingerprint density at radius 1 is 1.32 bits per heavy atom. The Balaban J connectivity index is 1.75. The van der Waals surface area contributed by atoms with Gasteiger partial charge in [-0.2, -0.15) is 0 Å². The zero-order chi connectivity index (χ0) is 15.7. The fraction of sp³-hybridized carbons (Fsp3) is 0.375. The van der Waals surface area contributed by atoms with E-state index >= 15 is 0 Å². The van der Waals surface area contributed by atoms with Crippen molar-refractivity contribution in [3.05, 3.63) is 51.9 Å². The van der Waals surface area contributed by atoms with Crippen molar-refractivity contribution in [2.75, 3.05) is 13.1 Å². The highest BCUT2D eigenvalue weighted by Crippen LogP contribution is 2.26. The van der Waals surface area contributed by atoms with E-state index in [1.165, 1.54) is 22.5 Å². The van der Waals surface area contributed by atoms with Gasteiger partial charge in [-0.15, -0.1) is 11.3 Å². The second kappa shape index (κ2) is 6.12. The quantitative estimate of drug-likeness (QED) is 0.902. The molecule has 1 aliphatic heterocycles. The van der Waals surface area contributed by atoms with E-state index in [-0.39, 0.29) is 6.04 Å². The van der Waals surface area contributed by atoms with Gasteiger partial charge in [-0.3, -0.25) is 0 Å². The SMILES string of the molecule is Cc1cc(S(=O)(=O)NCC2NCCc3ccccc32)sc1C. The van der Waals surface area contributed by atoms with Crippen LogP contribution in [0.15, 0.2) is 34.5 Å². The largest absolute Gasteiger partial charge is 0.308 e. The van der Waals surface area contributed by atoms with Crippen LogP contribution in [0, 0.1) is 13.8 Å². The first-order valence-electron chi connectivity index (χ1n) is 7.35. The first-order chi connectivity index (χ1) is 10.5. The molecule has 3 rings (SSSR count). The fourth-order valence-corrected chi connectivity index (χ4v) is 5.32. The summed E-state index contributed by atoms with van der Waals surface area (Å²) in [4.78, 5) is 1.04. The van der Waals surface area contributed by atoms with Crippen LogP contribution in [0.2, 0.25) is 0 Å². The summed E-state index contributed by atoms with van der Waals surface area (Å²) in [6.07, 6.45) is 0.989. The van der Waals surface area contributed by atoms with Gasteiger partial charge in [-0.1, -0.05) is 24.3 Å². The third kappa shape index (κ3) is 3.10. The monoisotopic (exact) mass is 336 g/mol. The summed E-state index contributed by atoms with van der Waals surface area (Å²) in [5.74, 6) is 0. The van der Waals surface area contributed by atoms with Crippen molar-refractivity contribution in [3.8, 4) is 0 Å². The molecule has 0 aliphatic carbocycles. The van der Waals surface area contributed by atoms with E-state index in [0.717, 1.165) is 23.4 Å². The molecule has 0 saturated carbocycles. The topological polar surface area (TPSA) is 58.2 Å². The minimum atomic E-state index is -3.44. The molecule has 1 aliphatic rings. The van der Waals surface area contributed by atoms with Crippen LogP contribution in [0.25, 0.3) is 0 Å². The van der Waals surface area contributed by atoms with E-state index in [1.54, 1.807) is 6.07 Å². The molecule has 0 amide bonds. The molecular weight excluding hydrogens is 316 g/mol. The number of thiophene rings is 1. The highest BCUT2D eigenvalue weighted by Gasteiger charge is 2.23. The Hall–Kier alpha value is -1.21. The normalized spacial score (nSPS) is 18.2. The average molecular weight is 336 g/mol. The Kier molecular flexibility index (Phi) is 4.36. The molecule has 6 heteroatoms. The van der Waals surface area contributed by atoms with Gasteiger partial charge in [0.2, 0.25) is 10.0 Å². The van der Waals surface area contributed by atoms with Crippen LogP contribution in [-0.2, 0) is 16.4 Å². The average Bonchev–Trinajstić information content (AvgIpc) is 2.85. The summed E-state index contributed by atoms with van der Waals surface area (Å²) in [7, 11) is -3.44. The Morgan fingerprint density at radius 3 is 2.82 bits per heavy atom. The van der Waals surface area contributed by atoms with Gasteiger partial charge in [-0.05, 0) is 49.6 Å². The number of nitrogens with one attached hydrogen (secondary N) is 2. The van der Waals surface area contributed by atoms with Crippen molar-refractivity contribution in [1.82, 2.24) is 10.0 Å². The van der Waals surface area contributed by atoms with Crippen molar-refractivity contribution >= 4 is 21.4 Å². The number of hydrogen-bond acceptors (Lipinski definition) is 4. The molecule has 2 heterocycles. The molecule has 0 bridgehead atoms. The smallest absolute Gasteiger partial charge is 0.250 e. The third-order valence-electron chi connectivity index (χ3n) is 4.10. The molecule has 118 valence electrons. The summed E-state index contributed by atoms with van der Waals surface area (Å²) in [6, 6.07) is 9.98. The molecule has 0 fully saturated rings. The zero-order valence-electron chi connectivity index (χ0n) is 12.7. The molecule has 2 aromatic rings. The number of aryl methyl sites for hydroxylation is 2. The molecule has 22 heavy (non-hydrogen) atoms. The highest BCUT2D eigenvalue weighted by atomic mass is 32.2. The van der Waals surface area contributed by atoms with Crippen LogP contribution in [-0.4, -0.2) is 21.5 Å². The zero-order valence-corrected chi connectivity index (χ0v) is 14.4. The minimum absolute atomic E-state index is 0.0295. The van der Waals surface area contributed by atoms with Gasteiger partial charge in [-0.25, -0.2) is 13.1 Å². The van der Waals surface area contributed by atoms with Crippen molar-refractivity contribution in [1.29, 1.82) is 0 Å². The molecule has 0 radical (unpaired) electrons. The number of fused-ring (bicyclic) bond motifs is 1. The Morgan fingerprint density at radius 2 is 2.09 bits per heavy atom. The summed E-state index contributed by atoms with van der Waals surface area (Å²) >= 11 is 1.32. The van der Waals surface area contributed by atoms with Gasteiger partial charge in [0.25, 0.3) is 0 Å². The first kappa shape index (κ1) is 15.7. The summed E-state index contributed by atoms with van der Waals surface area (Å²) < 4.78 is 28.0. The van der Waals surface area contributed by atoms with Crippen molar-refractivity contribution in [3.63, 3.8) is 0 Å². The van der Waals surface area contributed by atoms with E-state index in [4.69, 9.17) is 0 Å². The van der Waals surface area contributed by atoms with Crippen molar-refractivity contribution in [2.45, 2.75) is 30.5 Å². The molecule has 1 unspecified atom stereocenters. The predicted octanol–water partition coefficient (Wildman–Crippen LogP) is 2.53. The van der Waals surface area contributed by atoms with E-state index in [9.17, 15) is 8.42 Å². The van der Waals surface area contributed by atoms with Crippen LogP contribution < -0.4 is 10.0 Å². The van der Waals surface area contributed by atoms with Crippen LogP contribution >= 0.6 is 11.3 Å². The molecule has 1 atom stereocenters. The standard InChI is InChI=1S/C16H20N2O2S2/c1-11-9-16(21-12(11)2)22(19,20)18-10-15-14-6-4-3-5-13(14)7-8-17-15/h3-6,9,15,17-18H,7-8,10H2,1-2H3. The minimum Gasteiger partial charge on any atom is -0.308 e. The van der Waals surface area contributed by atoms with Gasteiger partial charge in [0, 0.05) is 17.5 Å². The van der Waals surface area contributed by atoms with Crippen LogP contribution in [0.4, 0.5) is 0 Å². The Labute approximate surface area is 135 Å². The van der Waals surface area contributed by atoms with E-state index in [0.29, 0.717) is 10.8 Å². The van der Waals surface area contributed by atoms with E-state index in [1.807, 2.05) is 26.0 Å². The van der Waals surface area contributed by atoms with Gasteiger partial charge in [0.1, 0.15) is 4.21 Å². The summed E-state index contributed by atoms with van der Waals surface area (Å²) in [5, 5.41) is 3.39. The first-order valence-corrected chi connectivity index (χ1v) is 9.65. The number of benzene rings is 1. The lowest BCUT2D eigenvalue weighted by Gasteiger charge is -2.27. The lowest BCUT2D eigenvalue weighted by molar-refractivity contribution is 0.492.